The molecule has 1 fully saturated rings. The molecule has 0 radical (unpaired) electrons. The summed E-state index contributed by atoms with van der Waals surface area (Å²) >= 11 is 1.61. The number of benzene rings is 2. The SMILES string of the molecule is COc1ccccc1N1CCN(C(=O)CSc2ccc(C)cc2)CC1. The number of rotatable bonds is 5. The summed E-state index contributed by atoms with van der Waals surface area (Å²) in [5.74, 6) is 1.60. The zero-order valence-corrected chi connectivity index (χ0v) is 15.6. The van der Waals surface area contributed by atoms with Crippen molar-refractivity contribution in [1.29, 1.82) is 0 Å². The molecule has 132 valence electrons. The van der Waals surface area contributed by atoms with Gasteiger partial charge in [-0.15, -0.1) is 11.8 Å². The first-order valence-corrected chi connectivity index (χ1v) is 9.51. The minimum Gasteiger partial charge on any atom is -0.495 e. The van der Waals surface area contributed by atoms with Gasteiger partial charge in [0.25, 0.3) is 0 Å². The Morgan fingerprint density at radius 1 is 1.04 bits per heavy atom. The highest BCUT2D eigenvalue weighted by Crippen LogP contribution is 2.28. The Labute approximate surface area is 153 Å². The van der Waals surface area contributed by atoms with E-state index in [1.54, 1.807) is 18.9 Å². The molecule has 4 nitrogen and oxygen atoms in total. The van der Waals surface area contributed by atoms with Crippen molar-refractivity contribution < 1.29 is 9.53 Å². The molecule has 0 saturated carbocycles. The molecule has 1 aliphatic heterocycles. The van der Waals surface area contributed by atoms with E-state index >= 15 is 0 Å². The molecule has 0 unspecified atom stereocenters. The van der Waals surface area contributed by atoms with E-state index in [9.17, 15) is 4.79 Å². The van der Waals surface area contributed by atoms with Gasteiger partial charge < -0.3 is 14.5 Å². The Balaban J connectivity index is 1.51. The monoisotopic (exact) mass is 356 g/mol. The maximum Gasteiger partial charge on any atom is 0.233 e. The number of hydrogen-bond donors (Lipinski definition) is 0. The van der Waals surface area contributed by atoms with Gasteiger partial charge in [0.15, 0.2) is 0 Å². The van der Waals surface area contributed by atoms with Crippen LogP contribution < -0.4 is 9.64 Å². The Bertz CT molecular complexity index is 710. The van der Waals surface area contributed by atoms with Gasteiger partial charge in [-0.3, -0.25) is 4.79 Å². The van der Waals surface area contributed by atoms with Crippen LogP contribution in [0.3, 0.4) is 0 Å². The first-order chi connectivity index (χ1) is 12.2. The molecule has 25 heavy (non-hydrogen) atoms. The molecule has 0 atom stereocenters. The van der Waals surface area contributed by atoms with E-state index in [2.05, 4.69) is 42.2 Å². The van der Waals surface area contributed by atoms with Crippen LogP contribution in [0.15, 0.2) is 53.4 Å². The molecule has 0 bridgehead atoms. The predicted octanol–water partition coefficient (Wildman–Crippen LogP) is 3.44. The van der Waals surface area contributed by atoms with Crippen LogP contribution >= 0.6 is 11.8 Å². The molecular formula is C20H24N2O2S. The Morgan fingerprint density at radius 2 is 1.72 bits per heavy atom. The number of carbonyl (C=O) groups excluding carboxylic acids is 1. The Kier molecular flexibility index (Phi) is 5.87. The van der Waals surface area contributed by atoms with Gasteiger partial charge in [0.05, 0.1) is 18.6 Å². The summed E-state index contributed by atoms with van der Waals surface area (Å²) in [7, 11) is 1.70. The highest BCUT2D eigenvalue weighted by Gasteiger charge is 2.22. The third-order valence-electron chi connectivity index (χ3n) is 4.44. The van der Waals surface area contributed by atoms with Crippen LogP contribution in [0.25, 0.3) is 0 Å². The van der Waals surface area contributed by atoms with Crippen molar-refractivity contribution in [3.05, 3.63) is 54.1 Å². The van der Waals surface area contributed by atoms with Crippen molar-refractivity contribution in [2.24, 2.45) is 0 Å². The first kappa shape index (κ1) is 17.7. The van der Waals surface area contributed by atoms with Gasteiger partial charge in [0.2, 0.25) is 5.91 Å². The highest BCUT2D eigenvalue weighted by molar-refractivity contribution is 8.00. The molecule has 0 aromatic heterocycles. The van der Waals surface area contributed by atoms with Crippen LogP contribution in [0.2, 0.25) is 0 Å². The van der Waals surface area contributed by atoms with Crippen molar-refractivity contribution in [2.75, 3.05) is 43.9 Å². The first-order valence-electron chi connectivity index (χ1n) is 8.52. The molecule has 1 saturated heterocycles. The second-order valence-corrected chi connectivity index (χ2v) is 7.19. The van der Waals surface area contributed by atoms with Crippen LogP contribution in [-0.4, -0.2) is 49.8 Å². The summed E-state index contributed by atoms with van der Waals surface area (Å²) in [4.78, 5) is 17.9. The third kappa shape index (κ3) is 4.48. The van der Waals surface area contributed by atoms with E-state index in [0.717, 1.165) is 42.5 Å². The third-order valence-corrected chi connectivity index (χ3v) is 5.44. The van der Waals surface area contributed by atoms with E-state index in [0.29, 0.717) is 5.75 Å². The molecule has 0 aliphatic carbocycles. The van der Waals surface area contributed by atoms with Crippen molar-refractivity contribution >= 4 is 23.4 Å². The lowest BCUT2D eigenvalue weighted by Gasteiger charge is -2.36. The number of anilines is 1. The number of piperazine rings is 1. The largest absolute Gasteiger partial charge is 0.495 e. The number of aryl methyl sites for hydroxylation is 1. The summed E-state index contributed by atoms with van der Waals surface area (Å²) in [6, 6.07) is 16.4. The maximum absolute atomic E-state index is 12.5. The van der Waals surface area contributed by atoms with Crippen LogP contribution in [0.1, 0.15) is 5.56 Å². The van der Waals surface area contributed by atoms with Crippen LogP contribution in [-0.2, 0) is 4.79 Å². The van der Waals surface area contributed by atoms with Gasteiger partial charge in [0, 0.05) is 31.1 Å². The topological polar surface area (TPSA) is 32.8 Å². The normalized spacial score (nSPS) is 14.5. The van der Waals surface area contributed by atoms with Gasteiger partial charge >= 0.3 is 0 Å². The minimum atomic E-state index is 0.213. The Hall–Kier alpha value is -2.14. The molecule has 1 aliphatic rings. The van der Waals surface area contributed by atoms with Gasteiger partial charge in [-0.25, -0.2) is 0 Å². The zero-order valence-electron chi connectivity index (χ0n) is 14.8. The number of hydrogen-bond acceptors (Lipinski definition) is 4. The fraction of sp³-hybridized carbons (Fsp3) is 0.350. The van der Waals surface area contributed by atoms with Crippen LogP contribution in [0, 0.1) is 6.92 Å². The molecule has 1 amide bonds. The number of para-hydroxylation sites is 2. The molecule has 1 heterocycles. The van der Waals surface area contributed by atoms with E-state index in [-0.39, 0.29) is 5.91 Å². The average Bonchev–Trinajstić information content (AvgIpc) is 2.67. The number of amides is 1. The minimum absolute atomic E-state index is 0.213. The van der Waals surface area contributed by atoms with Gasteiger partial charge in [-0.2, -0.15) is 0 Å². The second-order valence-electron chi connectivity index (χ2n) is 6.14. The average molecular weight is 356 g/mol. The molecule has 2 aromatic carbocycles. The van der Waals surface area contributed by atoms with Crippen molar-refractivity contribution in [2.45, 2.75) is 11.8 Å². The molecule has 2 aromatic rings. The second kappa shape index (κ2) is 8.30. The van der Waals surface area contributed by atoms with E-state index < -0.39 is 0 Å². The van der Waals surface area contributed by atoms with Crippen molar-refractivity contribution in [1.82, 2.24) is 4.90 Å². The smallest absolute Gasteiger partial charge is 0.233 e. The quantitative estimate of drug-likeness (QED) is 0.769. The standard InChI is InChI=1S/C20H24N2O2S/c1-16-7-9-17(10-8-16)25-15-20(23)22-13-11-21(12-14-22)18-5-3-4-6-19(18)24-2/h3-10H,11-15H2,1-2H3. The van der Waals surface area contributed by atoms with Crippen LogP contribution in [0.4, 0.5) is 5.69 Å². The lowest BCUT2D eigenvalue weighted by Crippen LogP contribution is -2.49. The summed E-state index contributed by atoms with van der Waals surface area (Å²) < 4.78 is 5.44. The fourth-order valence-electron chi connectivity index (χ4n) is 2.96. The lowest BCUT2D eigenvalue weighted by molar-refractivity contribution is -0.128. The number of thioether (sulfide) groups is 1. The zero-order chi connectivity index (χ0) is 17.6. The lowest BCUT2D eigenvalue weighted by atomic mass is 10.2. The van der Waals surface area contributed by atoms with E-state index in [4.69, 9.17) is 4.74 Å². The van der Waals surface area contributed by atoms with E-state index in [1.165, 1.54) is 5.56 Å². The van der Waals surface area contributed by atoms with Crippen molar-refractivity contribution in [3.8, 4) is 5.75 Å². The molecule has 0 N–H and O–H groups in total. The van der Waals surface area contributed by atoms with Gasteiger partial charge in [-0.05, 0) is 31.2 Å². The number of ether oxygens (including phenoxy) is 1. The molecule has 3 rings (SSSR count). The van der Waals surface area contributed by atoms with Crippen LogP contribution in [0.5, 0.6) is 5.75 Å². The van der Waals surface area contributed by atoms with Crippen molar-refractivity contribution in [3.63, 3.8) is 0 Å². The highest BCUT2D eigenvalue weighted by atomic mass is 32.2. The Morgan fingerprint density at radius 3 is 2.40 bits per heavy atom. The summed E-state index contributed by atoms with van der Waals surface area (Å²) in [6.07, 6.45) is 0. The van der Waals surface area contributed by atoms with Gasteiger partial charge in [0.1, 0.15) is 5.75 Å². The predicted molar refractivity (Wildman–Crippen MR) is 104 cm³/mol. The fourth-order valence-corrected chi connectivity index (χ4v) is 3.76. The number of methoxy groups -OCH3 is 1. The molecule has 0 spiro atoms. The number of nitrogens with zero attached hydrogens (tertiary/aromatic N) is 2. The summed E-state index contributed by atoms with van der Waals surface area (Å²) in [5, 5.41) is 0. The van der Waals surface area contributed by atoms with Gasteiger partial charge in [-0.1, -0.05) is 29.8 Å². The maximum atomic E-state index is 12.5. The number of carbonyl (C=O) groups is 1. The van der Waals surface area contributed by atoms with E-state index in [1.807, 2.05) is 23.1 Å². The summed E-state index contributed by atoms with van der Waals surface area (Å²) in [5.41, 5.74) is 2.34. The molecule has 5 heteroatoms. The molecular weight excluding hydrogens is 332 g/mol. The summed E-state index contributed by atoms with van der Waals surface area (Å²) in [6.45, 7) is 5.25.